The summed E-state index contributed by atoms with van der Waals surface area (Å²) in [6.45, 7) is 6.11. The van der Waals surface area contributed by atoms with Crippen LogP contribution in [0.15, 0.2) is 82.5 Å². The van der Waals surface area contributed by atoms with Crippen LogP contribution in [0, 0.1) is 5.41 Å². The number of carbonyl (C=O) groups is 1. The first-order chi connectivity index (χ1) is 14.3. The first-order valence-electron chi connectivity index (χ1n) is 9.94. The van der Waals surface area contributed by atoms with E-state index in [1.165, 1.54) is 16.8 Å². The van der Waals surface area contributed by atoms with Gasteiger partial charge in [-0.15, -0.1) is 0 Å². The van der Waals surface area contributed by atoms with E-state index >= 15 is 0 Å². The molecule has 30 heavy (non-hydrogen) atoms. The van der Waals surface area contributed by atoms with E-state index in [2.05, 4.69) is 5.32 Å². The fourth-order valence-electron chi connectivity index (χ4n) is 3.40. The Morgan fingerprint density at radius 1 is 0.933 bits per heavy atom. The Morgan fingerprint density at radius 2 is 1.53 bits per heavy atom. The molecule has 1 atom stereocenters. The van der Waals surface area contributed by atoms with Gasteiger partial charge in [-0.2, -0.15) is 0 Å². The van der Waals surface area contributed by atoms with Crippen molar-refractivity contribution in [1.82, 2.24) is 14.5 Å². The van der Waals surface area contributed by atoms with Gasteiger partial charge < -0.3 is 5.32 Å². The van der Waals surface area contributed by atoms with Crippen molar-refractivity contribution in [3.8, 4) is 0 Å². The second-order valence-corrected chi connectivity index (χ2v) is 8.41. The van der Waals surface area contributed by atoms with E-state index in [0.717, 1.165) is 15.7 Å². The molecule has 6 heteroatoms. The van der Waals surface area contributed by atoms with Gasteiger partial charge >= 0.3 is 5.69 Å². The predicted molar refractivity (Wildman–Crippen MR) is 117 cm³/mol. The molecular weight excluding hydrogens is 378 g/mol. The fraction of sp³-hybridized carbons (Fsp3) is 0.292. The molecule has 1 heterocycles. The highest BCUT2D eigenvalue weighted by molar-refractivity contribution is 5.76. The normalized spacial score (nSPS) is 12.4. The average molecular weight is 405 g/mol. The van der Waals surface area contributed by atoms with Crippen LogP contribution >= 0.6 is 0 Å². The van der Waals surface area contributed by atoms with Crippen LogP contribution in [0.2, 0.25) is 0 Å². The standard InChI is InChI=1S/C24H27N3O3/c1-24(2,3)22(19-12-8-5-9-13-19)25-20(28)17-27-21(29)14-15-26(23(27)30)16-18-10-6-4-7-11-18/h4-15,22H,16-17H2,1-3H3,(H,25,28). The lowest BCUT2D eigenvalue weighted by atomic mass is 9.82. The number of rotatable bonds is 6. The molecule has 1 amide bonds. The summed E-state index contributed by atoms with van der Waals surface area (Å²) >= 11 is 0. The Balaban J connectivity index is 1.83. The molecule has 6 nitrogen and oxygen atoms in total. The highest BCUT2D eigenvalue weighted by Crippen LogP contribution is 2.32. The minimum absolute atomic E-state index is 0.244. The zero-order chi connectivity index (χ0) is 21.7. The maximum Gasteiger partial charge on any atom is 0.331 e. The summed E-state index contributed by atoms with van der Waals surface area (Å²) in [6.07, 6.45) is 1.47. The lowest BCUT2D eigenvalue weighted by molar-refractivity contribution is -0.123. The first-order valence-corrected chi connectivity index (χ1v) is 9.94. The van der Waals surface area contributed by atoms with Gasteiger partial charge in [0.1, 0.15) is 6.54 Å². The van der Waals surface area contributed by atoms with E-state index in [1.54, 1.807) is 0 Å². The molecule has 1 unspecified atom stereocenters. The van der Waals surface area contributed by atoms with Gasteiger partial charge in [-0.05, 0) is 16.5 Å². The Hall–Kier alpha value is -3.41. The maximum absolute atomic E-state index is 12.8. The molecule has 0 fully saturated rings. The van der Waals surface area contributed by atoms with Gasteiger partial charge in [0.2, 0.25) is 5.91 Å². The van der Waals surface area contributed by atoms with Crippen molar-refractivity contribution < 1.29 is 4.79 Å². The van der Waals surface area contributed by atoms with Crippen LogP contribution in [0.5, 0.6) is 0 Å². The van der Waals surface area contributed by atoms with Crippen LogP contribution in [-0.4, -0.2) is 15.0 Å². The van der Waals surface area contributed by atoms with Crippen LogP contribution in [0.25, 0.3) is 0 Å². The molecule has 0 saturated carbocycles. The Labute approximate surface area is 175 Å². The van der Waals surface area contributed by atoms with Gasteiger partial charge in [0.25, 0.3) is 5.56 Å². The van der Waals surface area contributed by atoms with Gasteiger partial charge in [-0.3, -0.25) is 18.7 Å². The van der Waals surface area contributed by atoms with Gasteiger partial charge in [-0.25, -0.2) is 4.79 Å². The molecule has 2 aromatic carbocycles. The lowest BCUT2D eigenvalue weighted by Gasteiger charge is -2.32. The number of amides is 1. The Kier molecular flexibility index (Phi) is 6.35. The second-order valence-electron chi connectivity index (χ2n) is 8.41. The van der Waals surface area contributed by atoms with Gasteiger partial charge in [0.15, 0.2) is 0 Å². The smallest absolute Gasteiger partial charge is 0.331 e. The molecule has 3 aromatic rings. The summed E-state index contributed by atoms with van der Waals surface area (Å²) in [4.78, 5) is 37.9. The van der Waals surface area contributed by atoms with Crippen LogP contribution in [-0.2, 0) is 17.9 Å². The molecule has 1 N–H and O–H groups in total. The largest absolute Gasteiger partial charge is 0.347 e. The van der Waals surface area contributed by atoms with E-state index in [9.17, 15) is 14.4 Å². The van der Waals surface area contributed by atoms with E-state index in [0.29, 0.717) is 6.54 Å². The number of hydrogen-bond acceptors (Lipinski definition) is 3. The second kappa shape index (κ2) is 8.95. The van der Waals surface area contributed by atoms with Gasteiger partial charge in [0, 0.05) is 12.3 Å². The molecule has 3 rings (SSSR count). The van der Waals surface area contributed by atoms with Crippen LogP contribution in [0.3, 0.4) is 0 Å². The minimum atomic E-state index is -0.506. The van der Waals surface area contributed by atoms with Crippen molar-refractivity contribution >= 4 is 5.91 Å². The monoisotopic (exact) mass is 405 g/mol. The van der Waals surface area contributed by atoms with Crippen molar-refractivity contribution in [2.75, 3.05) is 0 Å². The third-order valence-electron chi connectivity index (χ3n) is 4.94. The molecule has 0 aliphatic heterocycles. The van der Waals surface area contributed by atoms with Crippen LogP contribution in [0.1, 0.15) is 37.9 Å². The molecular formula is C24H27N3O3. The summed E-state index contributed by atoms with van der Waals surface area (Å²) in [5, 5.41) is 3.00. The highest BCUT2D eigenvalue weighted by atomic mass is 16.2. The fourth-order valence-corrected chi connectivity index (χ4v) is 3.40. The summed E-state index contributed by atoms with van der Waals surface area (Å²) in [7, 11) is 0. The number of nitrogens with zero attached hydrogens (tertiary/aromatic N) is 2. The quantitative estimate of drug-likeness (QED) is 0.685. The molecule has 0 aliphatic rings. The topological polar surface area (TPSA) is 73.1 Å². The molecule has 0 bridgehead atoms. The molecule has 0 saturated heterocycles. The zero-order valence-electron chi connectivity index (χ0n) is 17.5. The predicted octanol–water partition coefficient (Wildman–Crippen LogP) is 2.96. The molecule has 1 aromatic heterocycles. The zero-order valence-corrected chi connectivity index (χ0v) is 17.5. The number of hydrogen-bond donors (Lipinski definition) is 1. The van der Waals surface area contributed by atoms with Crippen LogP contribution < -0.4 is 16.6 Å². The third kappa shape index (κ3) is 5.14. The first kappa shape index (κ1) is 21.3. The van der Waals surface area contributed by atoms with E-state index in [4.69, 9.17) is 0 Å². The van der Waals surface area contributed by atoms with Gasteiger partial charge in [-0.1, -0.05) is 81.4 Å². The molecule has 0 radical (unpaired) electrons. The van der Waals surface area contributed by atoms with Crippen molar-refractivity contribution in [2.45, 2.75) is 39.9 Å². The molecule has 156 valence electrons. The van der Waals surface area contributed by atoms with Crippen molar-refractivity contribution in [2.24, 2.45) is 5.41 Å². The summed E-state index contributed by atoms with van der Waals surface area (Å²) in [5.41, 5.74) is 0.665. The maximum atomic E-state index is 12.8. The summed E-state index contributed by atoms with van der Waals surface area (Å²) in [5.74, 6) is -0.379. The van der Waals surface area contributed by atoms with Crippen molar-refractivity contribution in [3.05, 3.63) is 105 Å². The summed E-state index contributed by atoms with van der Waals surface area (Å²) in [6, 6.07) is 20.2. The van der Waals surface area contributed by atoms with Crippen LogP contribution in [0.4, 0.5) is 0 Å². The van der Waals surface area contributed by atoms with Crippen molar-refractivity contribution in [3.63, 3.8) is 0 Å². The number of benzene rings is 2. The average Bonchev–Trinajstić information content (AvgIpc) is 2.72. The minimum Gasteiger partial charge on any atom is -0.347 e. The third-order valence-corrected chi connectivity index (χ3v) is 4.94. The number of nitrogens with one attached hydrogen (secondary N) is 1. The van der Waals surface area contributed by atoms with E-state index in [-0.39, 0.29) is 23.9 Å². The molecule has 0 spiro atoms. The van der Waals surface area contributed by atoms with E-state index in [1.807, 2.05) is 81.4 Å². The van der Waals surface area contributed by atoms with E-state index < -0.39 is 11.2 Å². The molecule has 0 aliphatic carbocycles. The Bertz CT molecular complexity index is 1110. The SMILES string of the molecule is CC(C)(C)C(NC(=O)Cn1c(=O)ccn(Cc2ccccc2)c1=O)c1ccccc1. The van der Waals surface area contributed by atoms with Crippen molar-refractivity contribution in [1.29, 1.82) is 0 Å². The summed E-state index contributed by atoms with van der Waals surface area (Å²) < 4.78 is 2.41. The number of carbonyl (C=O) groups excluding carboxylic acids is 1. The highest BCUT2D eigenvalue weighted by Gasteiger charge is 2.28. The lowest BCUT2D eigenvalue weighted by Crippen LogP contribution is -2.45. The Morgan fingerprint density at radius 3 is 2.13 bits per heavy atom. The number of aromatic nitrogens is 2. The van der Waals surface area contributed by atoms with Gasteiger partial charge in [0.05, 0.1) is 12.6 Å².